The van der Waals surface area contributed by atoms with Crippen LogP contribution >= 0.6 is 0 Å². The summed E-state index contributed by atoms with van der Waals surface area (Å²) in [7, 11) is -1.55. The quantitative estimate of drug-likeness (QED) is 0.280. The van der Waals surface area contributed by atoms with E-state index in [9.17, 15) is 0 Å². The van der Waals surface area contributed by atoms with Crippen molar-refractivity contribution in [3.8, 4) is 12.3 Å². The van der Waals surface area contributed by atoms with Crippen LogP contribution in [0.15, 0.2) is 24.5 Å². The first-order valence-corrected chi connectivity index (χ1v) is 7.67. The molecule has 2 heteroatoms. The Labute approximate surface area is 89.0 Å². The molecule has 0 saturated carbocycles. The van der Waals surface area contributed by atoms with Crippen molar-refractivity contribution in [1.29, 1.82) is 0 Å². The van der Waals surface area contributed by atoms with E-state index < -0.39 is 8.32 Å². The Kier molecular flexibility index (Phi) is 6.06. The molecule has 1 nitrogen and oxygen atoms in total. The molecular weight excluding hydrogens is 188 g/mol. The van der Waals surface area contributed by atoms with Crippen molar-refractivity contribution in [3.05, 3.63) is 24.5 Å². The molecule has 0 N–H and O–H groups in total. The average Bonchev–Trinajstić information content (AvgIpc) is 2.23. The third-order valence-electron chi connectivity index (χ3n) is 2.65. The Bertz CT molecular complexity index is 235. The first-order valence-electron chi connectivity index (χ1n) is 5.14. The van der Waals surface area contributed by atoms with Crippen molar-refractivity contribution in [3.63, 3.8) is 0 Å². The van der Waals surface area contributed by atoms with E-state index in [1.165, 1.54) is 0 Å². The number of terminal acetylenes is 1. The standard InChI is InChI=1S/C12H20OSi/c1-6-10-11-12(5)13-14(7-2,8-3)9-4/h1,10-11H,5,7-9H2,2-4H3/b11-10+. The third-order valence-corrected chi connectivity index (χ3v) is 7.21. The van der Waals surface area contributed by atoms with Gasteiger partial charge in [-0.25, -0.2) is 0 Å². The van der Waals surface area contributed by atoms with E-state index in [1.54, 1.807) is 12.2 Å². The molecule has 0 aromatic carbocycles. The van der Waals surface area contributed by atoms with Gasteiger partial charge in [-0.15, -0.1) is 6.42 Å². The molecule has 0 spiro atoms. The number of hydrogen-bond donors (Lipinski definition) is 0. The van der Waals surface area contributed by atoms with Gasteiger partial charge in [0.05, 0.1) is 5.76 Å². The van der Waals surface area contributed by atoms with Gasteiger partial charge in [0, 0.05) is 0 Å². The minimum absolute atomic E-state index is 0.708. The van der Waals surface area contributed by atoms with Gasteiger partial charge in [0.15, 0.2) is 0 Å². The van der Waals surface area contributed by atoms with Crippen LogP contribution in [0.2, 0.25) is 18.1 Å². The normalized spacial score (nSPS) is 11.3. The van der Waals surface area contributed by atoms with Gasteiger partial charge in [0.1, 0.15) is 0 Å². The molecule has 0 fully saturated rings. The lowest BCUT2D eigenvalue weighted by atomic mass is 10.5. The fraction of sp³-hybridized carbons (Fsp3) is 0.500. The van der Waals surface area contributed by atoms with Gasteiger partial charge >= 0.3 is 0 Å². The van der Waals surface area contributed by atoms with Crippen LogP contribution in [0.25, 0.3) is 0 Å². The largest absolute Gasteiger partial charge is 0.544 e. The summed E-state index contributed by atoms with van der Waals surface area (Å²) in [6.07, 6.45) is 8.51. The van der Waals surface area contributed by atoms with Crippen molar-refractivity contribution in [2.75, 3.05) is 0 Å². The Balaban J connectivity index is 4.38. The molecule has 0 aromatic heterocycles. The molecule has 0 atom stereocenters. The van der Waals surface area contributed by atoms with Crippen molar-refractivity contribution >= 4 is 8.32 Å². The molecule has 78 valence electrons. The smallest absolute Gasteiger partial charge is 0.250 e. The highest BCUT2D eigenvalue weighted by Crippen LogP contribution is 2.24. The van der Waals surface area contributed by atoms with Crippen LogP contribution in [0.3, 0.4) is 0 Å². The van der Waals surface area contributed by atoms with Crippen molar-refractivity contribution in [2.45, 2.75) is 38.9 Å². The SMILES string of the molecule is C#C/C=C/C(=C)O[Si](CC)(CC)CC. The topological polar surface area (TPSA) is 9.23 Å². The molecule has 0 aliphatic carbocycles. The minimum atomic E-state index is -1.55. The van der Waals surface area contributed by atoms with Crippen molar-refractivity contribution in [1.82, 2.24) is 0 Å². The first kappa shape index (κ1) is 13.1. The van der Waals surface area contributed by atoms with Gasteiger partial charge in [-0.2, -0.15) is 0 Å². The van der Waals surface area contributed by atoms with Gasteiger partial charge in [0.25, 0.3) is 0 Å². The highest BCUT2D eigenvalue weighted by molar-refractivity contribution is 6.73. The van der Waals surface area contributed by atoms with Crippen LogP contribution < -0.4 is 0 Å². The molecule has 0 amide bonds. The van der Waals surface area contributed by atoms with Crippen LogP contribution in [0.4, 0.5) is 0 Å². The van der Waals surface area contributed by atoms with E-state index in [-0.39, 0.29) is 0 Å². The zero-order valence-electron chi connectivity index (χ0n) is 9.47. The van der Waals surface area contributed by atoms with Crippen LogP contribution in [0.5, 0.6) is 0 Å². The second kappa shape index (κ2) is 6.50. The summed E-state index contributed by atoms with van der Waals surface area (Å²) in [5.41, 5.74) is 0. The molecule has 0 bridgehead atoms. The van der Waals surface area contributed by atoms with E-state index in [0.29, 0.717) is 5.76 Å². The number of hydrogen-bond acceptors (Lipinski definition) is 1. The zero-order chi connectivity index (χ0) is 11.0. The fourth-order valence-corrected chi connectivity index (χ4v) is 3.98. The highest BCUT2D eigenvalue weighted by Gasteiger charge is 2.30. The maximum atomic E-state index is 5.95. The van der Waals surface area contributed by atoms with Crippen LogP contribution in [0, 0.1) is 12.3 Å². The Morgan fingerprint density at radius 2 is 1.86 bits per heavy atom. The molecule has 0 rings (SSSR count). The molecule has 0 unspecified atom stereocenters. The zero-order valence-corrected chi connectivity index (χ0v) is 10.5. The lowest BCUT2D eigenvalue weighted by Crippen LogP contribution is -2.34. The van der Waals surface area contributed by atoms with Crippen LogP contribution in [0.1, 0.15) is 20.8 Å². The summed E-state index contributed by atoms with van der Waals surface area (Å²) in [4.78, 5) is 0. The van der Waals surface area contributed by atoms with Gasteiger partial charge in [-0.05, 0) is 30.3 Å². The highest BCUT2D eigenvalue weighted by atomic mass is 28.4. The van der Waals surface area contributed by atoms with Gasteiger partial charge in [-0.3, -0.25) is 0 Å². The minimum Gasteiger partial charge on any atom is -0.544 e. The maximum Gasteiger partial charge on any atom is 0.250 e. The summed E-state index contributed by atoms with van der Waals surface area (Å²) < 4.78 is 5.95. The van der Waals surface area contributed by atoms with E-state index in [2.05, 4.69) is 33.3 Å². The Morgan fingerprint density at radius 1 is 1.36 bits per heavy atom. The first-order chi connectivity index (χ1) is 6.64. The summed E-state index contributed by atoms with van der Waals surface area (Å²) >= 11 is 0. The molecule has 14 heavy (non-hydrogen) atoms. The van der Waals surface area contributed by atoms with E-state index in [1.807, 2.05) is 0 Å². The molecule has 0 radical (unpaired) electrons. The molecule has 0 aliphatic rings. The van der Waals surface area contributed by atoms with Crippen LogP contribution in [-0.2, 0) is 4.43 Å². The summed E-state index contributed by atoms with van der Waals surface area (Å²) in [6.45, 7) is 10.4. The summed E-state index contributed by atoms with van der Waals surface area (Å²) in [6, 6.07) is 3.38. The molecule has 0 heterocycles. The Morgan fingerprint density at radius 3 is 2.21 bits per heavy atom. The van der Waals surface area contributed by atoms with Gasteiger partial charge in [0.2, 0.25) is 8.32 Å². The molecule has 0 aromatic rings. The third kappa shape index (κ3) is 3.84. The van der Waals surface area contributed by atoms with Crippen molar-refractivity contribution in [2.24, 2.45) is 0 Å². The lowest BCUT2D eigenvalue weighted by molar-refractivity contribution is 0.425. The second-order valence-corrected chi connectivity index (χ2v) is 8.00. The van der Waals surface area contributed by atoms with E-state index >= 15 is 0 Å². The fourth-order valence-electron chi connectivity index (χ4n) is 1.42. The van der Waals surface area contributed by atoms with Crippen molar-refractivity contribution < 1.29 is 4.43 Å². The lowest BCUT2D eigenvalue weighted by Gasteiger charge is -2.28. The predicted molar refractivity (Wildman–Crippen MR) is 65.4 cm³/mol. The molecular formula is C12H20OSi. The average molecular weight is 208 g/mol. The number of rotatable bonds is 6. The predicted octanol–water partition coefficient (Wildman–Crippen LogP) is 3.71. The molecule has 0 saturated heterocycles. The van der Waals surface area contributed by atoms with Crippen LogP contribution in [-0.4, -0.2) is 8.32 Å². The van der Waals surface area contributed by atoms with Gasteiger partial charge in [-0.1, -0.05) is 33.3 Å². The summed E-state index contributed by atoms with van der Waals surface area (Å²) in [5, 5.41) is 0. The maximum absolute atomic E-state index is 5.95. The molecule has 0 aliphatic heterocycles. The number of allylic oxidation sites excluding steroid dienone is 2. The Hall–Kier alpha value is -0.943. The monoisotopic (exact) mass is 208 g/mol. The van der Waals surface area contributed by atoms with E-state index in [0.717, 1.165) is 18.1 Å². The van der Waals surface area contributed by atoms with Gasteiger partial charge < -0.3 is 4.43 Å². The summed E-state index contributed by atoms with van der Waals surface area (Å²) in [5.74, 6) is 3.14. The second-order valence-electron chi connectivity index (χ2n) is 3.31. The van der Waals surface area contributed by atoms with E-state index in [4.69, 9.17) is 10.8 Å².